The third-order valence-corrected chi connectivity index (χ3v) is 3.01. The number of aliphatic hydroxyl groups excluding tert-OH is 1. The van der Waals surface area contributed by atoms with Crippen molar-refractivity contribution in [1.82, 2.24) is 19.5 Å². The molecule has 2 unspecified atom stereocenters. The van der Waals surface area contributed by atoms with Crippen molar-refractivity contribution in [3.05, 3.63) is 18.9 Å². The van der Waals surface area contributed by atoms with Gasteiger partial charge in [0.2, 0.25) is 0 Å². The Morgan fingerprint density at radius 1 is 1.33 bits per heavy atom. The molecule has 0 bridgehead atoms. The molecule has 0 radical (unpaired) electrons. The van der Waals surface area contributed by atoms with E-state index in [1.165, 1.54) is 6.33 Å². The van der Waals surface area contributed by atoms with Gasteiger partial charge in [0.25, 0.3) is 0 Å². The predicted molar refractivity (Wildman–Crippen MR) is 54.2 cm³/mol. The minimum atomic E-state index is -0.172. The molecule has 1 N–H and O–H groups in total. The van der Waals surface area contributed by atoms with E-state index in [1.807, 2.05) is 4.57 Å². The first-order valence-electron chi connectivity index (χ1n) is 5.15. The molecule has 5 heteroatoms. The largest absolute Gasteiger partial charge is 0.393 e. The number of rotatable bonds is 1. The smallest absolute Gasteiger partial charge is 0.163 e. The van der Waals surface area contributed by atoms with Crippen LogP contribution in [-0.4, -0.2) is 30.7 Å². The standard InChI is InChI=1S/C10H12N4O/c15-8-2-1-7(3-8)14-6-13-9-4-11-5-12-10(9)14/h4-8,15H,1-3H2. The summed E-state index contributed by atoms with van der Waals surface area (Å²) >= 11 is 0. The molecular formula is C10H12N4O. The van der Waals surface area contributed by atoms with Crippen molar-refractivity contribution in [2.75, 3.05) is 0 Å². The van der Waals surface area contributed by atoms with Gasteiger partial charge in [-0.3, -0.25) is 0 Å². The lowest BCUT2D eigenvalue weighted by Gasteiger charge is -2.11. The maximum Gasteiger partial charge on any atom is 0.163 e. The van der Waals surface area contributed by atoms with Crippen LogP contribution in [-0.2, 0) is 0 Å². The number of nitrogens with zero attached hydrogens (tertiary/aromatic N) is 4. The van der Waals surface area contributed by atoms with Crippen LogP contribution in [0.2, 0.25) is 0 Å². The Morgan fingerprint density at radius 3 is 3.07 bits per heavy atom. The summed E-state index contributed by atoms with van der Waals surface area (Å²) in [7, 11) is 0. The van der Waals surface area contributed by atoms with E-state index in [4.69, 9.17) is 0 Å². The molecule has 2 aromatic heterocycles. The Morgan fingerprint density at radius 2 is 2.27 bits per heavy atom. The van der Waals surface area contributed by atoms with Crippen LogP contribution < -0.4 is 0 Å². The molecule has 15 heavy (non-hydrogen) atoms. The summed E-state index contributed by atoms with van der Waals surface area (Å²) < 4.78 is 2.05. The third-order valence-electron chi connectivity index (χ3n) is 3.01. The van der Waals surface area contributed by atoms with Gasteiger partial charge in [0, 0.05) is 6.04 Å². The van der Waals surface area contributed by atoms with Gasteiger partial charge in [-0.05, 0) is 19.3 Å². The van der Waals surface area contributed by atoms with Crippen molar-refractivity contribution < 1.29 is 5.11 Å². The number of fused-ring (bicyclic) bond motifs is 1. The highest BCUT2D eigenvalue weighted by atomic mass is 16.3. The lowest BCUT2D eigenvalue weighted by molar-refractivity contribution is 0.178. The lowest BCUT2D eigenvalue weighted by atomic mass is 10.2. The van der Waals surface area contributed by atoms with Crippen molar-refractivity contribution >= 4 is 11.2 Å². The van der Waals surface area contributed by atoms with Crippen LogP contribution in [0.3, 0.4) is 0 Å². The first-order valence-corrected chi connectivity index (χ1v) is 5.15. The average molecular weight is 204 g/mol. The van der Waals surface area contributed by atoms with Crippen molar-refractivity contribution in [3.8, 4) is 0 Å². The Kier molecular flexibility index (Phi) is 1.92. The summed E-state index contributed by atoms with van der Waals surface area (Å²) in [6.45, 7) is 0. The Bertz CT molecular complexity index is 481. The van der Waals surface area contributed by atoms with E-state index in [2.05, 4.69) is 15.0 Å². The van der Waals surface area contributed by atoms with Crippen LogP contribution in [0.4, 0.5) is 0 Å². The molecule has 0 aromatic carbocycles. The summed E-state index contributed by atoms with van der Waals surface area (Å²) in [6.07, 6.45) is 7.54. The highest BCUT2D eigenvalue weighted by Crippen LogP contribution is 2.31. The van der Waals surface area contributed by atoms with E-state index in [0.717, 1.165) is 30.4 Å². The molecule has 2 atom stereocenters. The van der Waals surface area contributed by atoms with E-state index >= 15 is 0 Å². The van der Waals surface area contributed by atoms with E-state index < -0.39 is 0 Å². The second-order valence-electron chi connectivity index (χ2n) is 4.00. The van der Waals surface area contributed by atoms with Gasteiger partial charge in [-0.1, -0.05) is 0 Å². The average Bonchev–Trinajstić information content (AvgIpc) is 2.83. The van der Waals surface area contributed by atoms with Crippen LogP contribution in [0.15, 0.2) is 18.9 Å². The van der Waals surface area contributed by atoms with Gasteiger partial charge in [-0.15, -0.1) is 0 Å². The van der Waals surface area contributed by atoms with Gasteiger partial charge in [-0.25, -0.2) is 15.0 Å². The maximum absolute atomic E-state index is 9.50. The van der Waals surface area contributed by atoms with Crippen molar-refractivity contribution in [2.24, 2.45) is 0 Å². The van der Waals surface area contributed by atoms with Gasteiger partial charge in [0.15, 0.2) is 5.65 Å². The summed E-state index contributed by atoms with van der Waals surface area (Å²) in [5.41, 5.74) is 1.68. The summed E-state index contributed by atoms with van der Waals surface area (Å²) in [4.78, 5) is 12.4. The number of hydrogen-bond donors (Lipinski definition) is 1. The molecule has 2 heterocycles. The van der Waals surface area contributed by atoms with Crippen LogP contribution in [0.25, 0.3) is 11.2 Å². The van der Waals surface area contributed by atoms with Crippen LogP contribution >= 0.6 is 0 Å². The Balaban J connectivity index is 2.04. The van der Waals surface area contributed by atoms with Crippen LogP contribution in [0, 0.1) is 0 Å². The normalized spacial score (nSPS) is 26.2. The fourth-order valence-electron chi connectivity index (χ4n) is 2.24. The van der Waals surface area contributed by atoms with Crippen molar-refractivity contribution in [2.45, 2.75) is 31.4 Å². The third kappa shape index (κ3) is 1.39. The van der Waals surface area contributed by atoms with E-state index in [9.17, 15) is 5.11 Å². The summed E-state index contributed by atoms with van der Waals surface area (Å²) in [5, 5.41) is 9.50. The van der Waals surface area contributed by atoms with Crippen LogP contribution in [0.5, 0.6) is 0 Å². The molecule has 5 nitrogen and oxygen atoms in total. The van der Waals surface area contributed by atoms with Gasteiger partial charge in [-0.2, -0.15) is 0 Å². The molecule has 0 spiro atoms. The van der Waals surface area contributed by atoms with E-state index in [0.29, 0.717) is 6.04 Å². The van der Waals surface area contributed by atoms with Crippen molar-refractivity contribution in [1.29, 1.82) is 0 Å². The summed E-state index contributed by atoms with van der Waals surface area (Å²) in [6, 6.07) is 0.333. The first-order chi connectivity index (χ1) is 7.34. The molecule has 1 aliphatic carbocycles. The maximum atomic E-state index is 9.50. The second-order valence-corrected chi connectivity index (χ2v) is 4.00. The number of hydrogen-bond acceptors (Lipinski definition) is 4. The fourth-order valence-corrected chi connectivity index (χ4v) is 2.24. The Hall–Kier alpha value is -1.49. The highest BCUT2D eigenvalue weighted by molar-refractivity contribution is 5.69. The SMILES string of the molecule is OC1CCC(n2cnc3cncnc32)C1. The molecule has 0 saturated heterocycles. The molecule has 0 aliphatic heterocycles. The summed E-state index contributed by atoms with van der Waals surface area (Å²) in [5.74, 6) is 0. The highest BCUT2D eigenvalue weighted by Gasteiger charge is 2.25. The number of imidazole rings is 1. The zero-order valence-electron chi connectivity index (χ0n) is 8.24. The lowest BCUT2D eigenvalue weighted by Crippen LogP contribution is -2.06. The Labute approximate surface area is 86.8 Å². The number of aromatic nitrogens is 4. The fraction of sp³-hybridized carbons (Fsp3) is 0.500. The van der Waals surface area contributed by atoms with Gasteiger partial charge in [0.05, 0.1) is 18.6 Å². The molecular weight excluding hydrogens is 192 g/mol. The van der Waals surface area contributed by atoms with Gasteiger partial charge in [0.1, 0.15) is 11.8 Å². The van der Waals surface area contributed by atoms with E-state index in [-0.39, 0.29) is 6.10 Å². The molecule has 3 rings (SSSR count). The van der Waals surface area contributed by atoms with Gasteiger partial charge >= 0.3 is 0 Å². The zero-order chi connectivity index (χ0) is 10.3. The monoisotopic (exact) mass is 204 g/mol. The van der Waals surface area contributed by atoms with Crippen molar-refractivity contribution in [3.63, 3.8) is 0 Å². The predicted octanol–water partition coefficient (Wildman–Crippen LogP) is 0.912. The second kappa shape index (κ2) is 3.27. The minimum Gasteiger partial charge on any atom is -0.393 e. The quantitative estimate of drug-likeness (QED) is 0.750. The minimum absolute atomic E-state index is 0.172. The molecule has 78 valence electrons. The number of aliphatic hydroxyl groups is 1. The molecule has 1 aliphatic rings. The van der Waals surface area contributed by atoms with E-state index in [1.54, 1.807) is 12.5 Å². The van der Waals surface area contributed by atoms with Crippen LogP contribution in [0.1, 0.15) is 25.3 Å². The molecule has 1 fully saturated rings. The topological polar surface area (TPSA) is 63.8 Å². The first kappa shape index (κ1) is 8.79. The zero-order valence-corrected chi connectivity index (χ0v) is 8.24. The van der Waals surface area contributed by atoms with Gasteiger partial charge < -0.3 is 9.67 Å². The molecule has 1 saturated carbocycles. The molecule has 2 aromatic rings. The molecule has 0 amide bonds.